The summed E-state index contributed by atoms with van der Waals surface area (Å²) in [6.45, 7) is 2.93. The fourth-order valence-corrected chi connectivity index (χ4v) is 3.64. The number of carbonyl (C=O) groups is 1. The van der Waals surface area contributed by atoms with E-state index in [4.69, 9.17) is 5.11 Å². The molecule has 0 aliphatic rings. The minimum atomic E-state index is -1.14. The smallest absolute Gasteiger partial charge is 0.339 e. The maximum Gasteiger partial charge on any atom is 0.339 e. The molecule has 4 nitrogen and oxygen atoms in total. The zero-order valence-electron chi connectivity index (χ0n) is 13.7. The van der Waals surface area contributed by atoms with E-state index in [1.807, 2.05) is 30.4 Å². The van der Waals surface area contributed by atoms with Crippen molar-refractivity contribution in [1.82, 2.24) is 0 Å². The van der Waals surface area contributed by atoms with Gasteiger partial charge in [0.05, 0.1) is 5.38 Å². The number of carboxylic acids is 1. The highest BCUT2D eigenvalue weighted by Gasteiger charge is 2.18. The van der Waals surface area contributed by atoms with Gasteiger partial charge in [-0.25, -0.2) is 4.79 Å². The van der Waals surface area contributed by atoms with Gasteiger partial charge in [-0.1, -0.05) is 35.6 Å². The van der Waals surface area contributed by atoms with Crippen LogP contribution in [0.15, 0.2) is 53.9 Å². The molecule has 3 rings (SSSR count). The number of rotatable bonds is 5. The molecule has 2 aromatic carbocycles. The predicted molar refractivity (Wildman–Crippen MR) is 99.6 cm³/mol. The zero-order valence-corrected chi connectivity index (χ0v) is 14.5. The maximum atomic E-state index is 11.1. The Labute approximate surface area is 150 Å². The molecule has 0 aliphatic heterocycles. The highest BCUT2D eigenvalue weighted by molar-refractivity contribution is 7.10. The third-order valence-electron chi connectivity index (χ3n) is 3.90. The molecule has 5 heteroatoms. The molecular formula is C20H18NO3S+. The summed E-state index contributed by atoms with van der Waals surface area (Å²) < 4.78 is 2.22. The summed E-state index contributed by atoms with van der Waals surface area (Å²) in [6, 6.07) is 14.8. The van der Waals surface area contributed by atoms with Crippen molar-refractivity contribution in [3.05, 3.63) is 70.0 Å². The Bertz CT molecular complexity index is 929. The summed E-state index contributed by atoms with van der Waals surface area (Å²) in [4.78, 5) is 11.1. The highest BCUT2D eigenvalue weighted by Crippen LogP contribution is 2.23. The van der Waals surface area contributed by atoms with Gasteiger partial charge >= 0.3 is 5.97 Å². The van der Waals surface area contributed by atoms with Gasteiger partial charge in [0, 0.05) is 11.6 Å². The minimum Gasteiger partial charge on any atom is -0.507 e. The molecular weight excluding hydrogens is 334 g/mol. The van der Waals surface area contributed by atoms with Crippen LogP contribution in [0.5, 0.6) is 5.75 Å². The van der Waals surface area contributed by atoms with Gasteiger partial charge in [-0.3, -0.25) is 0 Å². The molecule has 25 heavy (non-hydrogen) atoms. The molecule has 0 unspecified atom stereocenters. The molecule has 0 saturated heterocycles. The Morgan fingerprint density at radius 3 is 2.60 bits per heavy atom. The number of thiazole rings is 1. The first kappa shape index (κ1) is 16.9. The molecule has 1 aromatic heterocycles. The van der Waals surface area contributed by atoms with Crippen molar-refractivity contribution in [1.29, 1.82) is 0 Å². The molecule has 0 fully saturated rings. The van der Waals surface area contributed by atoms with Crippen molar-refractivity contribution in [2.24, 2.45) is 0 Å². The molecule has 1 heterocycles. The van der Waals surface area contributed by atoms with Gasteiger partial charge in [0.1, 0.15) is 17.9 Å². The standard InChI is InChI=1S/C20H17NO3S/c1-2-21-17(15-6-4-3-5-7-15)13-25-19(21)11-9-14-8-10-18(22)16(12-14)20(23)24/h3-13H,2H2,1H3,(H,23,24)/p+1. The van der Waals surface area contributed by atoms with Crippen molar-refractivity contribution in [3.8, 4) is 17.0 Å². The van der Waals surface area contributed by atoms with E-state index in [-0.39, 0.29) is 11.3 Å². The van der Waals surface area contributed by atoms with E-state index in [0.29, 0.717) is 0 Å². The van der Waals surface area contributed by atoms with Crippen LogP contribution < -0.4 is 4.57 Å². The molecule has 2 N–H and O–H groups in total. The van der Waals surface area contributed by atoms with Crippen LogP contribution in [0.2, 0.25) is 0 Å². The van der Waals surface area contributed by atoms with Crippen LogP contribution in [0.25, 0.3) is 23.4 Å². The van der Waals surface area contributed by atoms with E-state index in [9.17, 15) is 9.90 Å². The average molecular weight is 352 g/mol. The van der Waals surface area contributed by atoms with Crippen LogP contribution >= 0.6 is 11.3 Å². The lowest BCUT2D eigenvalue weighted by molar-refractivity contribution is -0.679. The Balaban J connectivity index is 1.94. The second-order valence-electron chi connectivity index (χ2n) is 5.48. The van der Waals surface area contributed by atoms with Gasteiger partial charge in [0.2, 0.25) is 5.69 Å². The molecule has 0 bridgehead atoms. The number of aromatic carboxylic acids is 1. The fraction of sp³-hybridized carbons (Fsp3) is 0.100. The van der Waals surface area contributed by atoms with E-state index >= 15 is 0 Å². The number of phenols is 1. The highest BCUT2D eigenvalue weighted by atomic mass is 32.1. The summed E-state index contributed by atoms with van der Waals surface area (Å²) in [5.74, 6) is -1.37. The molecule has 3 aromatic rings. The lowest BCUT2D eigenvalue weighted by atomic mass is 10.1. The first-order valence-corrected chi connectivity index (χ1v) is 8.79. The Kier molecular flexibility index (Phi) is 4.95. The number of aromatic nitrogens is 1. The molecule has 0 spiro atoms. The zero-order chi connectivity index (χ0) is 17.8. The first-order valence-electron chi connectivity index (χ1n) is 7.91. The Morgan fingerprint density at radius 2 is 1.92 bits per heavy atom. The van der Waals surface area contributed by atoms with E-state index in [2.05, 4.69) is 29.0 Å². The number of hydrogen-bond donors (Lipinski definition) is 2. The van der Waals surface area contributed by atoms with Crippen LogP contribution in [0, 0.1) is 0 Å². The normalized spacial score (nSPS) is 11.1. The van der Waals surface area contributed by atoms with Gasteiger partial charge in [-0.15, -0.1) is 0 Å². The average Bonchev–Trinajstić information content (AvgIpc) is 3.04. The van der Waals surface area contributed by atoms with Gasteiger partial charge in [0.25, 0.3) is 5.01 Å². The van der Waals surface area contributed by atoms with E-state index in [0.717, 1.165) is 28.4 Å². The second kappa shape index (κ2) is 7.32. The number of carboxylic acid groups (broad SMARTS) is 1. The SMILES string of the molecule is CC[n+]1c(-c2ccccc2)csc1/C=C/c1ccc(O)c(C(=O)O)c1. The van der Waals surface area contributed by atoms with Crippen molar-refractivity contribution < 1.29 is 19.6 Å². The van der Waals surface area contributed by atoms with E-state index in [1.165, 1.54) is 12.1 Å². The van der Waals surface area contributed by atoms with Crippen molar-refractivity contribution >= 4 is 29.5 Å². The predicted octanol–water partition coefficient (Wildman–Crippen LogP) is 4.30. The van der Waals surface area contributed by atoms with Crippen molar-refractivity contribution in [3.63, 3.8) is 0 Å². The minimum absolute atomic E-state index is 0.0957. The quantitative estimate of drug-likeness (QED) is 0.673. The van der Waals surface area contributed by atoms with Crippen LogP contribution in [-0.4, -0.2) is 16.2 Å². The summed E-state index contributed by atoms with van der Waals surface area (Å²) in [5, 5.41) is 21.9. The van der Waals surface area contributed by atoms with Crippen LogP contribution in [0.1, 0.15) is 27.9 Å². The van der Waals surface area contributed by atoms with E-state index < -0.39 is 5.97 Å². The molecule has 0 atom stereocenters. The molecule has 0 amide bonds. The van der Waals surface area contributed by atoms with Gasteiger partial charge in [-0.2, -0.15) is 4.57 Å². The van der Waals surface area contributed by atoms with Gasteiger partial charge in [-0.05, 0) is 42.8 Å². The number of aromatic hydroxyl groups is 1. The lowest BCUT2D eigenvalue weighted by Gasteiger charge is -2.00. The third-order valence-corrected chi connectivity index (χ3v) is 4.84. The topological polar surface area (TPSA) is 61.4 Å². The third kappa shape index (κ3) is 3.61. The van der Waals surface area contributed by atoms with Crippen molar-refractivity contribution in [2.75, 3.05) is 0 Å². The second-order valence-corrected chi connectivity index (χ2v) is 6.37. The lowest BCUT2D eigenvalue weighted by Crippen LogP contribution is -2.35. The summed E-state index contributed by atoms with van der Waals surface area (Å²) in [6.07, 6.45) is 3.83. The van der Waals surface area contributed by atoms with Crippen LogP contribution in [0.3, 0.4) is 0 Å². The molecule has 126 valence electrons. The Hall–Kier alpha value is -2.92. The fourth-order valence-electron chi connectivity index (χ4n) is 2.65. The summed E-state index contributed by atoms with van der Waals surface area (Å²) in [7, 11) is 0. The van der Waals surface area contributed by atoms with Crippen LogP contribution in [-0.2, 0) is 6.54 Å². The first-order chi connectivity index (χ1) is 12.1. The molecule has 0 radical (unpaired) electrons. The largest absolute Gasteiger partial charge is 0.507 e. The Morgan fingerprint density at radius 1 is 1.16 bits per heavy atom. The number of nitrogens with zero attached hydrogens (tertiary/aromatic N) is 1. The number of hydrogen-bond acceptors (Lipinski definition) is 3. The molecule has 0 saturated carbocycles. The van der Waals surface area contributed by atoms with Gasteiger partial charge < -0.3 is 10.2 Å². The van der Waals surface area contributed by atoms with Crippen molar-refractivity contribution in [2.45, 2.75) is 13.5 Å². The molecule has 0 aliphatic carbocycles. The maximum absolute atomic E-state index is 11.1. The van der Waals surface area contributed by atoms with E-state index in [1.54, 1.807) is 17.4 Å². The summed E-state index contributed by atoms with van der Waals surface area (Å²) in [5.41, 5.74) is 2.96. The monoisotopic (exact) mass is 352 g/mol. The summed E-state index contributed by atoms with van der Waals surface area (Å²) >= 11 is 1.64. The van der Waals surface area contributed by atoms with Crippen LogP contribution in [0.4, 0.5) is 0 Å². The number of benzene rings is 2. The van der Waals surface area contributed by atoms with Gasteiger partial charge in [0.15, 0.2) is 0 Å².